The monoisotopic (exact) mass is 378 g/mol. The fraction of sp³-hybridized carbons (Fsp3) is 0.556. The zero-order valence-corrected chi connectivity index (χ0v) is 15.9. The molecule has 7 nitrogen and oxygen atoms in total. The average molecular weight is 378 g/mol. The number of amides is 2. The summed E-state index contributed by atoms with van der Waals surface area (Å²) in [6, 6.07) is 7.06. The summed E-state index contributed by atoms with van der Waals surface area (Å²) in [6.07, 6.45) is 0. The van der Waals surface area contributed by atoms with Crippen molar-refractivity contribution in [2.75, 3.05) is 58.0 Å². The Labute approximate surface area is 158 Å². The highest BCUT2D eigenvalue weighted by Crippen LogP contribution is 2.13. The van der Waals surface area contributed by atoms with E-state index in [-0.39, 0.29) is 17.9 Å². The standard InChI is InChI=1S/C18H26N4O3S/c1-25-15-4-2-14(3-5-15)17(23)19-6-7-21-8-10-22(11-9-21)18(24)16-12-26-13-20-16/h2-5,16,20H,6-13H2,1H3,(H,19,23). The predicted molar refractivity (Wildman–Crippen MR) is 103 cm³/mol. The summed E-state index contributed by atoms with van der Waals surface area (Å²) in [5, 5.41) is 6.18. The molecule has 3 rings (SSSR count). The topological polar surface area (TPSA) is 73.9 Å². The lowest BCUT2D eigenvalue weighted by atomic mass is 10.2. The van der Waals surface area contributed by atoms with Gasteiger partial charge in [-0.2, -0.15) is 0 Å². The van der Waals surface area contributed by atoms with Crippen molar-refractivity contribution in [3.8, 4) is 5.75 Å². The first-order valence-electron chi connectivity index (χ1n) is 8.92. The van der Waals surface area contributed by atoms with E-state index in [1.165, 1.54) is 0 Å². The van der Waals surface area contributed by atoms with Crippen LogP contribution in [0.4, 0.5) is 0 Å². The van der Waals surface area contributed by atoms with E-state index >= 15 is 0 Å². The fourth-order valence-corrected chi connectivity index (χ4v) is 4.07. The molecule has 2 fully saturated rings. The molecule has 0 aromatic heterocycles. The number of ether oxygens (including phenoxy) is 1. The van der Waals surface area contributed by atoms with Crippen LogP contribution in [-0.2, 0) is 4.79 Å². The van der Waals surface area contributed by atoms with Crippen LogP contribution >= 0.6 is 11.8 Å². The van der Waals surface area contributed by atoms with Crippen LogP contribution in [0.15, 0.2) is 24.3 Å². The van der Waals surface area contributed by atoms with Crippen molar-refractivity contribution in [3.05, 3.63) is 29.8 Å². The summed E-state index contributed by atoms with van der Waals surface area (Å²) >= 11 is 1.77. The van der Waals surface area contributed by atoms with Crippen molar-refractivity contribution >= 4 is 23.6 Å². The number of rotatable bonds is 6. The smallest absolute Gasteiger partial charge is 0.251 e. The lowest BCUT2D eigenvalue weighted by Gasteiger charge is -2.35. The molecule has 0 spiro atoms. The summed E-state index contributed by atoms with van der Waals surface area (Å²) in [7, 11) is 1.60. The minimum atomic E-state index is -0.0775. The van der Waals surface area contributed by atoms with Crippen LogP contribution < -0.4 is 15.4 Å². The maximum absolute atomic E-state index is 12.4. The number of piperazine rings is 1. The Bertz CT molecular complexity index is 611. The van der Waals surface area contributed by atoms with E-state index in [0.717, 1.165) is 50.1 Å². The van der Waals surface area contributed by atoms with Crippen molar-refractivity contribution in [1.29, 1.82) is 0 Å². The molecule has 2 aliphatic heterocycles. The van der Waals surface area contributed by atoms with Crippen molar-refractivity contribution < 1.29 is 14.3 Å². The third-order valence-electron chi connectivity index (χ3n) is 4.76. The van der Waals surface area contributed by atoms with Gasteiger partial charge in [-0.25, -0.2) is 0 Å². The summed E-state index contributed by atoms with van der Waals surface area (Å²) < 4.78 is 5.10. The number of thioether (sulfide) groups is 1. The molecular weight excluding hydrogens is 352 g/mol. The van der Waals surface area contributed by atoms with Gasteiger partial charge < -0.3 is 15.0 Å². The molecular formula is C18H26N4O3S. The highest BCUT2D eigenvalue weighted by atomic mass is 32.2. The van der Waals surface area contributed by atoms with Crippen LogP contribution in [0.25, 0.3) is 0 Å². The molecule has 2 saturated heterocycles. The number of carbonyl (C=O) groups excluding carboxylic acids is 2. The van der Waals surface area contributed by atoms with Gasteiger partial charge >= 0.3 is 0 Å². The van der Waals surface area contributed by atoms with E-state index in [4.69, 9.17) is 4.74 Å². The Kier molecular flexibility index (Phi) is 6.76. The molecule has 2 amide bonds. The summed E-state index contributed by atoms with van der Waals surface area (Å²) in [4.78, 5) is 28.8. The molecule has 2 heterocycles. The first-order valence-corrected chi connectivity index (χ1v) is 10.1. The summed E-state index contributed by atoms with van der Waals surface area (Å²) in [5.41, 5.74) is 0.628. The maximum Gasteiger partial charge on any atom is 0.251 e. The van der Waals surface area contributed by atoms with Crippen LogP contribution in [0, 0.1) is 0 Å². The molecule has 26 heavy (non-hydrogen) atoms. The molecule has 0 radical (unpaired) electrons. The Morgan fingerprint density at radius 1 is 1.23 bits per heavy atom. The van der Waals surface area contributed by atoms with Crippen molar-refractivity contribution in [2.45, 2.75) is 6.04 Å². The van der Waals surface area contributed by atoms with Crippen molar-refractivity contribution in [1.82, 2.24) is 20.4 Å². The van der Waals surface area contributed by atoms with E-state index in [1.807, 2.05) is 4.90 Å². The first kappa shape index (κ1) is 19.0. The second-order valence-corrected chi connectivity index (χ2v) is 7.45. The number of methoxy groups -OCH3 is 1. The van der Waals surface area contributed by atoms with Crippen LogP contribution in [0.5, 0.6) is 5.75 Å². The van der Waals surface area contributed by atoms with Gasteiger partial charge in [0, 0.05) is 56.5 Å². The largest absolute Gasteiger partial charge is 0.497 e. The second-order valence-electron chi connectivity index (χ2n) is 6.42. The number of hydrogen-bond acceptors (Lipinski definition) is 6. The fourth-order valence-electron chi connectivity index (χ4n) is 3.14. The van der Waals surface area contributed by atoms with Gasteiger partial charge in [-0.3, -0.25) is 19.8 Å². The Balaban J connectivity index is 1.35. The third kappa shape index (κ3) is 4.90. The minimum absolute atomic E-state index is 0.0182. The SMILES string of the molecule is COc1ccc(C(=O)NCCN2CCN(C(=O)C3CSCN3)CC2)cc1. The highest BCUT2D eigenvalue weighted by molar-refractivity contribution is 7.99. The molecule has 8 heteroatoms. The highest BCUT2D eigenvalue weighted by Gasteiger charge is 2.29. The number of hydrogen-bond donors (Lipinski definition) is 2. The molecule has 1 atom stereocenters. The average Bonchev–Trinajstić information content (AvgIpc) is 3.23. The van der Waals surface area contributed by atoms with Gasteiger partial charge in [0.25, 0.3) is 5.91 Å². The quantitative estimate of drug-likeness (QED) is 0.738. The van der Waals surface area contributed by atoms with Crippen molar-refractivity contribution in [3.63, 3.8) is 0 Å². The van der Waals surface area contributed by atoms with E-state index in [2.05, 4.69) is 15.5 Å². The Morgan fingerprint density at radius 2 is 1.96 bits per heavy atom. The van der Waals surface area contributed by atoms with Gasteiger partial charge in [-0.15, -0.1) is 11.8 Å². The minimum Gasteiger partial charge on any atom is -0.497 e. The molecule has 0 saturated carbocycles. The van der Waals surface area contributed by atoms with Crippen molar-refractivity contribution in [2.24, 2.45) is 0 Å². The molecule has 2 N–H and O–H groups in total. The summed E-state index contributed by atoms with van der Waals surface area (Å²) in [5.74, 6) is 2.62. The van der Waals surface area contributed by atoms with Gasteiger partial charge in [0.1, 0.15) is 5.75 Å². The number of nitrogens with one attached hydrogen (secondary N) is 2. The molecule has 0 aliphatic carbocycles. The van der Waals surface area contributed by atoms with Gasteiger partial charge in [0.15, 0.2) is 0 Å². The van der Waals surface area contributed by atoms with E-state index in [1.54, 1.807) is 43.1 Å². The molecule has 142 valence electrons. The van der Waals surface area contributed by atoms with Gasteiger partial charge in [0.05, 0.1) is 13.2 Å². The third-order valence-corrected chi connectivity index (χ3v) is 5.70. The lowest BCUT2D eigenvalue weighted by Crippen LogP contribution is -2.54. The van der Waals surface area contributed by atoms with Crippen LogP contribution in [0.2, 0.25) is 0 Å². The number of benzene rings is 1. The normalized spacial score (nSPS) is 20.8. The van der Waals surface area contributed by atoms with E-state index < -0.39 is 0 Å². The van der Waals surface area contributed by atoms with Crippen LogP contribution in [0.3, 0.4) is 0 Å². The van der Waals surface area contributed by atoms with Crippen LogP contribution in [-0.4, -0.2) is 85.7 Å². The lowest BCUT2D eigenvalue weighted by molar-refractivity contribution is -0.134. The van der Waals surface area contributed by atoms with E-state index in [0.29, 0.717) is 12.1 Å². The Hall–Kier alpha value is -1.77. The van der Waals surface area contributed by atoms with E-state index in [9.17, 15) is 9.59 Å². The molecule has 1 aromatic rings. The summed E-state index contributed by atoms with van der Waals surface area (Å²) in [6.45, 7) is 4.61. The predicted octanol–water partition coefficient (Wildman–Crippen LogP) is 0.232. The number of nitrogens with zero attached hydrogens (tertiary/aromatic N) is 2. The zero-order chi connectivity index (χ0) is 18.4. The first-order chi connectivity index (χ1) is 12.7. The van der Waals surface area contributed by atoms with Gasteiger partial charge in [0.2, 0.25) is 5.91 Å². The maximum atomic E-state index is 12.4. The van der Waals surface area contributed by atoms with Crippen LogP contribution in [0.1, 0.15) is 10.4 Å². The molecule has 1 unspecified atom stereocenters. The Morgan fingerprint density at radius 3 is 2.58 bits per heavy atom. The molecule has 0 bridgehead atoms. The van der Waals surface area contributed by atoms with Gasteiger partial charge in [-0.1, -0.05) is 0 Å². The van der Waals surface area contributed by atoms with Gasteiger partial charge in [-0.05, 0) is 24.3 Å². The molecule has 2 aliphatic rings. The zero-order valence-electron chi connectivity index (χ0n) is 15.1. The number of carbonyl (C=O) groups is 2. The molecule has 1 aromatic carbocycles. The second kappa shape index (κ2) is 9.25.